The molecule has 0 radical (unpaired) electrons. The van der Waals surface area contributed by atoms with E-state index >= 15 is 0 Å². The van der Waals surface area contributed by atoms with Gasteiger partial charge in [0.2, 0.25) is 0 Å². The zero-order chi connectivity index (χ0) is 9.52. The van der Waals surface area contributed by atoms with Crippen LogP contribution in [0.1, 0.15) is 12.1 Å². The molecule has 4 heteroatoms. The van der Waals surface area contributed by atoms with Gasteiger partial charge in [0, 0.05) is 19.8 Å². The van der Waals surface area contributed by atoms with Gasteiger partial charge in [-0.2, -0.15) is 16.9 Å². The van der Waals surface area contributed by atoms with Gasteiger partial charge in [0.15, 0.2) is 0 Å². The van der Waals surface area contributed by atoms with E-state index in [0.29, 0.717) is 0 Å². The molecule has 1 N–H and O–H groups in total. The minimum Gasteiger partial charge on any atom is -0.311 e. The molecule has 0 bridgehead atoms. The highest BCUT2D eigenvalue weighted by Crippen LogP contribution is 1.95. The summed E-state index contributed by atoms with van der Waals surface area (Å²) in [5, 5.41) is 7.64. The Bertz CT molecular complexity index is 235. The fourth-order valence-electron chi connectivity index (χ4n) is 1.12. The minimum atomic E-state index is 0.884. The molecule has 0 aliphatic carbocycles. The molecule has 0 amide bonds. The van der Waals surface area contributed by atoms with Crippen LogP contribution >= 0.6 is 11.8 Å². The summed E-state index contributed by atoms with van der Waals surface area (Å²) in [4.78, 5) is 0. The number of aryl methyl sites for hydroxylation is 1. The summed E-state index contributed by atoms with van der Waals surface area (Å²) in [6.45, 7) is 1.96. The Balaban J connectivity index is 2.06. The molecule has 1 aromatic rings. The van der Waals surface area contributed by atoms with Crippen molar-refractivity contribution in [2.75, 3.05) is 18.6 Å². The molecule has 1 aromatic heterocycles. The Morgan fingerprint density at radius 1 is 1.62 bits per heavy atom. The Morgan fingerprint density at radius 3 is 3.08 bits per heavy atom. The first-order chi connectivity index (χ1) is 6.33. The van der Waals surface area contributed by atoms with Gasteiger partial charge >= 0.3 is 0 Å². The van der Waals surface area contributed by atoms with Crippen molar-refractivity contribution >= 4 is 11.8 Å². The highest BCUT2D eigenvalue weighted by atomic mass is 32.2. The van der Waals surface area contributed by atoms with Gasteiger partial charge in [-0.1, -0.05) is 0 Å². The minimum absolute atomic E-state index is 0.884. The van der Waals surface area contributed by atoms with Crippen LogP contribution in [0.25, 0.3) is 0 Å². The second-order valence-electron chi connectivity index (χ2n) is 3.00. The first-order valence-electron chi connectivity index (χ1n) is 4.51. The van der Waals surface area contributed by atoms with Gasteiger partial charge in [0.25, 0.3) is 0 Å². The van der Waals surface area contributed by atoms with Crippen LogP contribution in [0.2, 0.25) is 0 Å². The molecule has 0 spiro atoms. The Hall–Kier alpha value is -0.480. The molecule has 0 saturated heterocycles. The van der Waals surface area contributed by atoms with Crippen molar-refractivity contribution in [3.8, 4) is 0 Å². The van der Waals surface area contributed by atoms with E-state index < -0.39 is 0 Å². The average Bonchev–Trinajstić information content (AvgIpc) is 2.51. The highest BCUT2D eigenvalue weighted by Gasteiger charge is 1.94. The molecule has 13 heavy (non-hydrogen) atoms. The van der Waals surface area contributed by atoms with Gasteiger partial charge in [-0.15, -0.1) is 0 Å². The lowest BCUT2D eigenvalue weighted by Gasteiger charge is -2.00. The first-order valence-corrected chi connectivity index (χ1v) is 5.90. The topological polar surface area (TPSA) is 29.9 Å². The SMILES string of the molecule is CSCCCNCc1ccn(C)n1. The third-order valence-corrected chi connectivity index (χ3v) is 2.47. The van der Waals surface area contributed by atoms with E-state index in [1.54, 1.807) is 0 Å². The second kappa shape index (κ2) is 6.05. The summed E-state index contributed by atoms with van der Waals surface area (Å²) >= 11 is 1.89. The predicted molar refractivity (Wildman–Crippen MR) is 57.9 cm³/mol. The van der Waals surface area contributed by atoms with Crippen LogP contribution in [0.3, 0.4) is 0 Å². The lowest BCUT2D eigenvalue weighted by molar-refractivity contribution is 0.649. The molecule has 0 saturated carbocycles. The van der Waals surface area contributed by atoms with E-state index in [-0.39, 0.29) is 0 Å². The number of thioether (sulfide) groups is 1. The largest absolute Gasteiger partial charge is 0.311 e. The van der Waals surface area contributed by atoms with Gasteiger partial charge in [0.05, 0.1) is 5.69 Å². The van der Waals surface area contributed by atoms with Crippen molar-refractivity contribution in [2.45, 2.75) is 13.0 Å². The normalized spacial score (nSPS) is 10.6. The second-order valence-corrected chi connectivity index (χ2v) is 3.99. The summed E-state index contributed by atoms with van der Waals surface area (Å²) in [6, 6.07) is 2.04. The fraction of sp³-hybridized carbons (Fsp3) is 0.667. The maximum absolute atomic E-state index is 4.28. The van der Waals surface area contributed by atoms with Crippen LogP contribution < -0.4 is 5.32 Å². The molecule has 0 fully saturated rings. The predicted octanol–water partition coefficient (Wildman–Crippen LogP) is 1.26. The lowest BCUT2D eigenvalue weighted by atomic mass is 10.4. The number of nitrogens with one attached hydrogen (secondary N) is 1. The third-order valence-electron chi connectivity index (χ3n) is 1.78. The lowest BCUT2D eigenvalue weighted by Crippen LogP contribution is -2.15. The van der Waals surface area contributed by atoms with Crippen LogP contribution in [0.5, 0.6) is 0 Å². The quantitative estimate of drug-likeness (QED) is 0.700. The molecule has 0 atom stereocenters. The summed E-state index contributed by atoms with van der Waals surface area (Å²) in [5.41, 5.74) is 1.12. The van der Waals surface area contributed by atoms with Gasteiger partial charge < -0.3 is 5.32 Å². The number of hydrogen-bond donors (Lipinski definition) is 1. The summed E-state index contributed by atoms with van der Waals surface area (Å²) < 4.78 is 1.83. The third kappa shape index (κ3) is 4.33. The monoisotopic (exact) mass is 199 g/mol. The van der Waals surface area contributed by atoms with E-state index in [1.165, 1.54) is 12.2 Å². The number of rotatable bonds is 6. The molecular weight excluding hydrogens is 182 g/mol. The average molecular weight is 199 g/mol. The molecule has 0 aromatic carbocycles. The van der Waals surface area contributed by atoms with Crippen molar-refractivity contribution < 1.29 is 0 Å². The molecule has 0 aliphatic heterocycles. The number of nitrogens with zero attached hydrogens (tertiary/aromatic N) is 2. The zero-order valence-electron chi connectivity index (χ0n) is 8.29. The van der Waals surface area contributed by atoms with E-state index in [2.05, 4.69) is 16.7 Å². The number of hydrogen-bond acceptors (Lipinski definition) is 3. The van der Waals surface area contributed by atoms with Gasteiger partial charge in [-0.3, -0.25) is 4.68 Å². The van der Waals surface area contributed by atoms with E-state index in [9.17, 15) is 0 Å². The van der Waals surface area contributed by atoms with Gasteiger partial charge in [-0.25, -0.2) is 0 Å². The van der Waals surface area contributed by atoms with Crippen LogP contribution in [-0.2, 0) is 13.6 Å². The van der Waals surface area contributed by atoms with Crippen LogP contribution in [0.4, 0.5) is 0 Å². The van der Waals surface area contributed by atoms with Crippen LogP contribution in [-0.4, -0.2) is 28.3 Å². The molecule has 1 rings (SSSR count). The van der Waals surface area contributed by atoms with Crippen molar-refractivity contribution in [1.82, 2.24) is 15.1 Å². The smallest absolute Gasteiger partial charge is 0.0762 e. The highest BCUT2D eigenvalue weighted by molar-refractivity contribution is 7.98. The molecule has 0 aliphatic rings. The van der Waals surface area contributed by atoms with Crippen LogP contribution in [0, 0.1) is 0 Å². The molecule has 1 heterocycles. The Kier molecular flexibility index (Phi) is 4.93. The number of aromatic nitrogens is 2. The van der Waals surface area contributed by atoms with Crippen molar-refractivity contribution in [1.29, 1.82) is 0 Å². The maximum atomic E-state index is 4.28. The molecule has 74 valence electrons. The summed E-state index contributed by atoms with van der Waals surface area (Å²) in [7, 11) is 1.94. The van der Waals surface area contributed by atoms with Crippen molar-refractivity contribution in [3.05, 3.63) is 18.0 Å². The Morgan fingerprint density at radius 2 is 2.46 bits per heavy atom. The van der Waals surface area contributed by atoms with E-state index in [4.69, 9.17) is 0 Å². The first kappa shape index (κ1) is 10.6. The fourth-order valence-corrected chi connectivity index (χ4v) is 1.55. The standard InChI is InChI=1S/C9H17N3S/c1-12-6-4-9(11-12)8-10-5-3-7-13-2/h4,6,10H,3,5,7-8H2,1-2H3. The van der Waals surface area contributed by atoms with Crippen molar-refractivity contribution in [3.63, 3.8) is 0 Å². The molecular formula is C9H17N3S. The Labute approximate surface area is 83.9 Å². The zero-order valence-corrected chi connectivity index (χ0v) is 9.10. The van der Waals surface area contributed by atoms with Gasteiger partial charge in [0.1, 0.15) is 0 Å². The van der Waals surface area contributed by atoms with E-state index in [0.717, 1.165) is 18.8 Å². The van der Waals surface area contributed by atoms with Crippen LogP contribution in [0.15, 0.2) is 12.3 Å². The summed E-state index contributed by atoms with van der Waals surface area (Å²) in [5.74, 6) is 1.23. The van der Waals surface area contributed by atoms with E-state index in [1.807, 2.05) is 35.8 Å². The van der Waals surface area contributed by atoms with Crippen molar-refractivity contribution in [2.24, 2.45) is 7.05 Å². The maximum Gasteiger partial charge on any atom is 0.0762 e. The molecule has 3 nitrogen and oxygen atoms in total. The molecule has 0 unspecified atom stereocenters. The summed E-state index contributed by atoms with van der Waals surface area (Å²) in [6.07, 6.45) is 5.34. The van der Waals surface area contributed by atoms with Gasteiger partial charge in [-0.05, 0) is 31.0 Å².